The third-order valence-corrected chi connectivity index (χ3v) is 4.07. The highest BCUT2D eigenvalue weighted by molar-refractivity contribution is 6.30. The van der Waals surface area contributed by atoms with E-state index in [0.717, 1.165) is 23.8 Å². The van der Waals surface area contributed by atoms with Gasteiger partial charge in [0.15, 0.2) is 0 Å². The van der Waals surface area contributed by atoms with Crippen molar-refractivity contribution in [3.8, 4) is 6.07 Å². The van der Waals surface area contributed by atoms with Gasteiger partial charge in [-0.3, -0.25) is 4.79 Å². The molecule has 0 radical (unpaired) electrons. The van der Waals surface area contributed by atoms with Gasteiger partial charge in [-0.15, -0.1) is 0 Å². The Labute approximate surface area is 130 Å². The van der Waals surface area contributed by atoms with Gasteiger partial charge in [-0.1, -0.05) is 31.5 Å². The van der Waals surface area contributed by atoms with Crippen molar-refractivity contribution >= 4 is 23.2 Å². The average molecular weight is 306 g/mol. The molecule has 1 aromatic rings. The first-order valence-corrected chi connectivity index (χ1v) is 7.59. The Kier molecular flexibility index (Phi) is 5.08. The molecule has 1 aromatic carbocycles. The van der Waals surface area contributed by atoms with Crippen molar-refractivity contribution in [1.82, 2.24) is 4.90 Å². The van der Waals surface area contributed by atoms with Crippen molar-refractivity contribution in [2.45, 2.75) is 13.8 Å². The van der Waals surface area contributed by atoms with E-state index in [9.17, 15) is 4.79 Å². The molecule has 1 unspecified atom stereocenters. The highest BCUT2D eigenvalue weighted by Gasteiger charge is 2.29. The van der Waals surface area contributed by atoms with Crippen molar-refractivity contribution in [3.05, 3.63) is 29.3 Å². The average Bonchev–Trinajstić information content (AvgIpc) is 2.47. The molecule has 1 fully saturated rings. The molecule has 4 nitrogen and oxygen atoms in total. The molecule has 0 aromatic heterocycles. The molecule has 1 atom stereocenters. The fraction of sp³-hybridized carbons (Fsp3) is 0.500. The number of carbonyl (C=O) groups excluding carboxylic acids is 1. The highest BCUT2D eigenvalue weighted by Crippen LogP contribution is 2.22. The number of anilines is 1. The zero-order valence-corrected chi connectivity index (χ0v) is 13.2. The lowest BCUT2D eigenvalue weighted by Gasteiger charge is -2.37. The molecule has 1 aliphatic rings. The number of hydrogen-bond donors (Lipinski definition) is 0. The molecule has 1 saturated heterocycles. The largest absolute Gasteiger partial charge is 0.368 e. The molecule has 1 amide bonds. The van der Waals surface area contributed by atoms with Crippen molar-refractivity contribution in [2.75, 3.05) is 31.1 Å². The number of piperazine rings is 1. The third kappa shape index (κ3) is 3.68. The number of hydrogen-bond acceptors (Lipinski definition) is 3. The minimum Gasteiger partial charge on any atom is -0.368 e. The maximum Gasteiger partial charge on any atom is 0.240 e. The molecule has 0 aliphatic carbocycles. The summed E-state index contributed by atoms with van der Waals surface area (Å²) in [6, 6.07) is 9.87. The van der Waals surface area contributed by atoms with Gasteiger partial charge in [-0.25, -0.2) is 0 Å². The van der Waals surface area contributed by atoms with Crippen LogP contribution in [0.4, 0.5) is 5.69 Å². The summed E-state index contributed by atoms with van der Waals surface area (Å²) in [5.74, 6) is -0.533. The Morgan fingerprint density at radius 2 is 1.95 bits per heavy atom. The maximum atomic E-state index is 12.3. The Morgan fingerprint density at radius 1 is 1.29 bits per heavy atom. The van der Waals surface area contributed by atoms with Crippen LogP contribution in [0.5, 0.6) is 0 Å². The standard InChI is InChI=1S/C16H20ClN3O/c1-12(2)15(11-18)16(21)20-8-6-19(7-9-20)14-5-3-4-13(17)10-14/h3-5,10,12,15H,6-9H2,1-2H3. The molecule has 0 spiro atoms. The first kappa shape index (κ1) is 15.7. The van der Waals surface area contributed by atoms with Gasteiger partial charge in [-0.05, 0) is 24.1 Å². The number of nitriles is 1. The van der Waals surface area contributed by atoms with E-state index in [2.05, 4.69) is 11.0 Å². The van der Waals surface area contributed by atoms with Crippen LogP contribution in [-0.2, 0) is 4.79 Å². The summed E-state index contributed by atoms with van der Waals surface area (Å²) in [5.41, 5.74) is 1.08. The second-order valence-corrected chi connectivity index (χ2v) is 6.08. The number of benzene rings is 1. The van der Waals surface area contributed by atoms with Crippen molar-refractivity contribution in [2.24, 2.45) is 11.8 Å². The molecular formula is C16H20ClN3O. The van der Waals surface area contributed by atoms with Gasteiger partial charge in [0.1, 0.15) is 5.92 Å². The van der Waals surface area contributed by atoms with Gasteiger partial charge in [0.05, 0.1) is 6.07 Å². The van der Waals surface area contributed by atoms with Crippen LogP contribution in [0.2, 0.25) is 5.02 Å². The van der Waals surface area contributed by atoms with Gasteiger partial charge >= 0.3 is 0 Å². The van der Waals surface area contributed by atoms with Gasteiger partial charge in [-0.2, -0.15) is 5.26 Å². The summed E-state index contributed by atoms with van der Waals surface area (Å²) in [7, 11) is 0. The molecule has 1 heterocycles. The summed E-state index contributed by atoms with van der Waals surface area (Å²) in [4.78, 5) is 16.3. The lowest BCUT2D eigenvalue weighted by atomic mass is 9.95. The Bertz CT molecular complexity index is 545. The number of nitrogens with zero attached hydrogens (tertiary/aromatic N) is 3. The molecule has 0 bridgehead atoms. The minimum atomic E-state index is -0.539. The number of carbonyl (C=O) groups is 1. The van der Waals surface area contributed by atoms with Crippen LogP contribution in [-0.4, -0.2) is 37.0 Å². The second-order valence-electron chi connectivity index (χ2n) is 5.64. The highest BCUT2D eigenvalue weighted by atomic mass is 35.5. The molecule has 2 rings (SSSR count). The van der Waals surface area contributed by atoms with Crippen LogP contribution in [0.15, 0.2) is 24.3 Å². The third-order valence-electron chi connectivity index (χ3n) is 3.84. The first-order valence-electron chi connectivity index (χ1n) is 7.22. The Hall–Kier alpha value is -1.73. The minimum absolute atomic E-state index is 0.0433. The topological polar surface area (TPSA) is 47.3 Å². The number of rotatable bonds is 3. The van der Waals surface area contributed by atoms with E-state index in [1.165, 1.54) is 0 Å². The molecule has 5 heteroatoms. The first-order chi connectivity index (χ1) is 10.0. The summed E-state index contributed by atoms with van der Waals surface area (Å²) >= 11 is 6.01. The van der Waals surface area contributed by atoms with Crippen molar-refractivity contribution in [3.63, 3.8) is 0 Å². The zero-order chi connectivity index (χ0) is 15.4. The van der Waals surface area contributed by atoms with Crippen LogP contribution in [0, 0.1) is 23.2 Å². The smallest absolute Gasteiger partial charge is 0.240 e. The van der Waals surface area contributed by atoms with E-state index >= 15 is 0 Å². The molecule has 0 N–H and O–H groups in total. The lowest BCUT2D eigenvalue weighted by Crippen LogP contribution is -2.50. The van der Waals surface area contributed by atoms with E-state index in [1.54, 1.807) is 4.90 Å². The van der Waals surface area contributed by atoms with Crippen molar-refractivity contribution in [1.29, 1.82) is 5.26 Å². The quantitative estimate of drug-likeness (QED) is 0.862. The Morgan fingerprint density at radius 3 is 2.48 bits per heavy atom. The lowest BCUT2D eigenvalue weighted by molar-refractivity contribution is -0.135. The summed E-state index contributed by atoms with van der Waals surface area (Å²) in [6.07, 6.45) is 0. The second kappa shape index (κ2) is 6.82. The van der Waals surface area contributed by atoms with Crippen LogP contribution in [0.1, 0.15) is 13.8 Å². The van der Waals surface area contributed by atoms with E-state index < -0.39 is 5.92 Å². The number of amides is 1. The molecule has 1 aliphatic heterocycles. The van der Waals surface area contributed by atoms with Gasteiger partial charge < -0.3 is 9.80 Å². The molecule has 0 saturated carbocycles. The van der Waals surface area contributed by atoms with Gasteiger partial charge in [0, 0.05) is 36.9 Å². The normalized spacial score (nSPS) is 16.7. The molecule has 112 valence electrons. The van der Waals surface area contributed by atoms with Crippen LogP contribution in [0.25, 0.3) is 0 Å². The zero-order valence-electron chi connectivity index (χ0n) is 12.4. The van der Waals surface area contributed by atoms with Gasteiger partial charge in [0.25, 0.3) is 0 Å². The van der Waals surface area contributed by atoms with Crippen LogP contribution >= 0.6 is 11.6 Å². The maximum absolute atomic E-state index is 12.3. The predicted molar refractivity (Wildman–Crippen MR) is 84.2 cm³/mol. The van der Waals surface area contributed by atoms with E-state index in [4.69, 9.17) is 16.9 Å². The van der Waals surface area contributed by atoms with Crippen LogP contribution in [0.3, 0.4) is 0 Å². The monoisotopic (exact) mass is 305 g/mol. The fourth-order valence-corrected chi connectivity index (χ4v) is 2.73. The SMILES string of the molecule is CC(C)C(C#N)C(=O)N1CCN(c2cccc(Cl)c2)CC1. The van der Waals surface area contributed by atoms with E-state index in [0.29, 0.717) is 13.1 Å². The summed E-state index contributed by atoms with van der Waals surface area (Å²) in [6.45, 7) is 6.65. The van der Waals surface area contributed by atoms with E-state index in [1.807, 2.05) is 38.1 Å². The summed E-state index contributed by atoms with van der Waals surface area (Å²) < 4.78 is 0. The van der Waals surface area contributed by atoms with Crippen LogP contribution < -0.4 is 4.90 Å². The van der Waals surface area contributed by atoms with Gasteiger partial charge in [0.2, 0.25) is 5.91 Å². The van der Waals surface area contributed by atoms with Crippen molar-refractivity contribution < 1.29 is 4.79 Å². The molecule has 21 heavy (non-hydrogen) atoms. The molecular weight excluding hydrogens is 286 g/mol. The van der Waals surface area contributed by atoms with E-state index in [-0.39, 0.29) is 11.8 Å². The summed E-state index contributed by atoms with van der Waals surface area (Å²) in [5, 5.41) is 9.85. The Balaban J connectivity index is 1.97. The fourth-order valence-electron chi connectivity index (χ4n) is 2.54. The predicted octanol–water partition coefficient (Wildman–Crippen LogP) is 2.78. The number of halogens is 1.